The molecule has 0 unspecified atom stereocenters. The summed E-state index contributed by atoms with van der Waals surface area (Å²) in [4.78, 5) is 12.4. The zero-order chi connectivity index (χ0) is 15.6. The van der Waals surface area contributed by atoms with Gasteiger partial charge in [0.15, 0.2) is 0 Å². The Morgan fingerprint density at radius 2 is 2.14 bits per heavy atom. The summed E-state index contributed by atoms with van der Waals surface area (Å²) in [6, 6.07) is 4.81. The van der Waals surface area contributed by atoms with E-state index in [0.717, 1.165) is 11.8 Å². The molecule has 7 heteroatoms. The van der Waals surface area contributed by atoms with Gasteiger partial charge in [-0.3, -0.25) is 4.79 Å². The Morgan fingerprint density at radius 3 is 2.76 bits per heavy atom. The van der Waals surface area contributed by atoms with E-state index in [1.54, 1.807) is 12.1 Å². The topological polar surface area (TPSA) is 75.7 Å². The number of ether oxygens (including phenoxy) is 1. The molecule has 0 bridgehead atoms. The molecule has 1 N–H and O–H groups in total. The van der Waals surface area contributed by atoms with Crippen LogP contribution in [0.5, 0.6) is 5.75 Å². The van der Waals surface area contributed by atoms with Gasteiger partial charge in [-0.15, -0.1) is 0 Å². The molecule has 1 saturated heterocycles. The largest absolute Gasteiger partial charge is 0.495 e. The van der Waals surface area contributed by atoms with Gasteiger partial charge in [0.1, 0.15) is 11.8 Å². The number of carbonyl (C=O) groups is 1. The molecule has 1 aromatic carbocycles. The fourth-order valence-electron chi connectivity index (χ4n) is 2.53. The lowest BCUT2D eigenvalue weighted by molar-refractivity contribution is -0.119. The molecule has 6 nitrogen and oxygen atoms in total. The van der Waals surface area contributed by atoms with E-state index >= 15 is 0 Å². The maximum absolute atomic E-state index is 12.4. The molecule has 0 saturated carbocycles. The van der Waals surface area contributed by atoms with E-state index in [0.29, 0.717) is 30.8 Å². The summed E-state index contributed by atoms with van der Waals surface area (Å²) >= 11 is 0. The van der Waals surface area contributed by atoms with Gasteiger partial charge < -0.3 is 10.1 Å². The Bertz CT molecular complexity index is 642. The minimum absolute atomic E-state index is 0.318. The summed E-state index contributed by atoms with van der Waals surface area (Å²) in [5.74, 6) is 0.236. The van der Waals surface area contributed by atoms with Crippen molar-refractivity contribution in [2.75, 3.05) is 25.2 Å². The Morgan fingerprint density at radius 1 is 1.43 bits per heavy atom. The van der Waals surface area contributed by atoms with Crippen LogP contribution in [0.4, 0.5) is 5.69 Å². The first-order chi connectivity index (χ1) is 9.82. The first-order valence-corrected chi connectivity index (χ1v) is 8.60. The molecule has 0 spiro atoms. The summed E-state index contributed by atoms with van der Waals surface area (Å²) in [5.41, 5.74) is 1.54. The van der Waals surface area contributed by atoms with Gasteiger partial charge in [0.2, 0.25) is 15.9 Å². The first kappa shape index (κ1) is 15.8. The Kier molecular flexibility index (Phi) is 4.53. The quantitative estimate of drug-likeness (QED) is 0.911. The highest BCUT2D eigenvalue weighted by Crippen LogP contribution is 2.27. The predicted molar refractivity (Wildman–Crippen MR) is 80.9 cm³/mol. The van der Waals surface area contributed by atoms with Gasteiger partial charge in [-0.25, -0.2) is 8.42 Å². The smallest absolute Gasteiger partial charge is 0.242 e. The number of nitrogens with one attached hydrogen (secondary N) is 1. The van der Waals surface area contributed by atoms with Gasteiger partial charge in [0.05, 0.1) is 19.1 Å². The van der Waals surface area contributed by atoms with Crippen molar-refractivity contribution < 1.29 is 17.9 Å². The van der Waals surface area contributed by atoms with Crippen molar-refractivity contribution in [3.63, 3.8) is 0 Å². The summed E-state index contributed by atoms with van der Waals surface area (Å²) in [5, 5.41) is 2.78. The molecule has 0 radical (unpaired) electrons. The fourth-order valence-corrected chi connectivity index (χ4v) is 3.66. The number of hydrogen-bond acceptors (Lipinski definition) is 4. The second kappa shape index (κ2) is 6.03. The van der Waals surface area contributed by atoms with Gasteiger partial charge in [0, 0.05) is 6.54 Å². The van der Waals surface area contributed by atoms with E-state index in [1.165, 1.54) is 11.4 Å². The van der Waals surface area contributed by atoms with Crippen LogP contribution in [0.1, 0.15) is 18.4 Å². The third kappa shape index (κ3) is 3.54. The number of benzene rings is 1. The molecule has 1 heterocycles. The highest BCUT2D eigenvalue weighted by Gasteiger charge is 2.36. The third-order valence-corrected chi connectivity index (χ3v) is 4.83. The molecular weight excluding hydrogens is 292 g/mol. The molecule has 1 aliphatic rings. The Hall–Kier alpha value is -1.60. The number of hydrogen-bond donors (Lipinski definition) is 1. The fraction of sp³-hybridized carbons (Fsp3) is 0.500. The number of aryl methyl sites for hydroxylation is 1. The maximum atomic E-state index is 12.4. The number of anilines is 1. The number of rotatable bonds is 4. The average Bonchev–Trinajstić information content (AvgIpc) is 2.88. The minimum atomic E-state index is -3.37. The van der Waals surface area contributed by atoms with Crippen molar-refractivity contribution in [2.24, 2.45) is 0 Å². The highest BCUT2D eigenvalue weighted by atomic mass is 32.2. The van der Waals surface area contributed by atoms with Crippen LogP contribution in [0, 0.1) is 6.92 Å². The summed E-state index contributed by atoms with van der Waals surface area (Å²) in [6.07, 6.45) is 2.36. The van der Waals surface area contributed by atoms with Crippen LogP contribution < -0.4 is 10.1 Å². The van der Waals surface area contributed by atoms with Crippen LogP contribution in [0.3, 0.4) is 0 Å². The monoisotopic (exact) mass is 312 g/mol. The molecule has 1 aliphatic heterocycles. The number of amides is 1. The van der Waals surface area contributed by atoms with Gasteiger partial charge in [0.25, 0.3) is 0 Å². The molecule has 116 valence electrons. The molecule has 1 atom stereocenters. The summed E-state index contributed by atoms with van der Waals surface area (Å²) in [6.45, 7) is 2.30. The van der Waals surface area contributed by atoms with Crippen LogP contribution in [-0.2, 0) is 14.8 Å². The molecule has 1 amide bonds. The molecule has 1 fully saturated rings. The second-order valence-electron chi connectivity index (χ2n) is 5.22. The minimum Gasteiger partial charge on any atom is -0.495 e. The van der Waals surface area contributed by atoms with Crippen molar-refractivity contribution in [1.29, 1.82) is 0 Å². The zero-order valence-corrected chi connectivity index (χ0v) is 13.2. The van der Waals surface area contributed by atoms with E-state index in [-0.39, 0.29) is 5.91 Å². The van der Waals surface area contributed by atoms with Crippen LogP contribution >= 0.6 is 0 Å². The highest BCUT2D eigenvalue weighted by molar-refractivity contribution is 7.88. The average molecular weight is 312 g/mol. The molecule has 1 aromatic rings. The Balaban J connectivity index is 2.20. The normalized spacial score (nSPS) is 19.5. The number of nitrogens with zero attached hydrogens (tertiary/aromatic N) is 1. The standard InChI is InChI=1S/C14H20N2O4S/c1-10-6-7-13(20-2)11(9-10)15-14(17)12-5-4-8-16(12)21(3,18)19/h6-7,9,12H,4-5,8H2,1-3H3,(H,15,17)/t12-/m0/s1. The van der Waals surface area contributed by atoms with Crippen molar-refractivity contribution in [1.82, 2.24) is 4.31 Å². The Labute approximate surface area is 125 Å². The van der Waals surface area contributed by atoms with Crippen LogP contribution in [0.2, 0.25) is 0 Å². The van der Waals surface area contributed by atoms with Crippen molar-refractivity contribution in [2.45, 2.75) is 25.8 Å². The third-order valence-electron chi connectivity index (χ3n) is 3.55. The lowest BCUT2D eigenvalue weighted by Gasteiger charge is -2.22. The molecule has 2 rings (SSSR count). The van der Waals surface area contributed by atoms with E-state index in [9.17, 15) is 13.2 Å². The van der Waals surface area contributed by atoms with E-state index in [1.807, 2.05) is 13.0 Å². The second-order valence-corrected chi connectivity index (χ2v) is 7.16. The lowest BCUT2D eigenvalue weighted by Crippen LogP contribution is -2.42. The zero-order valence-electron chi connectivity index (χ0n) is 12.4. The molecular formula is C14H20N2O4S. The summed E-state index contributed by atoms with van der Waals surface area (Å²) < 4.78 is 29.9. The molecule has 0 aromatic heterocycles. The SMILES string of the molecule is COc1ccc(C)cc1NC(=O)[C@@H]1CCCN1S(C)(=O)=O. The van der Waals surface area contributed by atoms with Crippen molar-refractivity contribution >= 4 is 21.6 Å². The number of carbonyl (C=O) groups excluding carboxylic acids is 1. The van der Waals surface area contributed by atoms with Crippen molar-refractivity contribution in [3.8, 4) is 5.75 Å². The number of sulfonamides is 1. The first-order valence-electron chi connectivity index (χ1n) is 6.75. The lowest BCUT2D eigenvalue weighted by atomic mass is 10.1. The van der Waals surface area contributed by atoms with Gasteiger partial charge in [-0.2, -0.15) is 4.31 Å². The summed E-state index contributed by atoms with van der Waals surface area (Å²) in [7, 11) is -1.85. The van der Waals surface area contributed by atoms with Crippen LogP contribution in [0.15, 0.2) is 18.2 Å². The maximum Gasteiger partial charge on any atom is 0.242 e. The van der Waals surface area contributed by atoms with Crippen LogP contribution in [0.25, 0.3) is 0 Å². The van der Waals surface area contributed by atoms with Gasteiger partial charge in [-0.1, -0.05) is 6.07 Å². The molecule has 0 aliphatic carbocycles. The van der Waals surface area contributed by atoms with E-state index < -0.39 is 16.1 Å². The van der Waals surface area contributed by atoms with Crippen molar-refractivity contribution in [3.05, 3.63) is 23.8 Å². The van der Waals surface area contributed by atoms with E-state index in [4.69, 9.17) is 4.74 Å². The van der Waals surface area contributed by atoms with E-state index in [2.05, 4.69) is 5.32 Å². The molecule has 21 heavy (non-hydrogen) atoms. The van der Waals surface area contributed by atoms with Crippen LogP contribution in [-0.4, -0.2) is 44.6 Å². The van der Waals surface area contributed by atoms with Gasteiger partial charge in [-0.05, 0) is 37.5 Å². The van der Waals surface area contributed by atoms with Gasteiger partial charge >= 0.3 is 0 Å². The predicted octanol–water partition coefficient (Wildman–Crippen LogP) is 1.37. The number of methoxy groups -OCH3 is 1.